The fraction of sp³-hybridized carbons (Fsp3) is 0.400. The van der Waals surface area contributed by atoms with Gasteiger partial charge in [-0.25, -0.2) is 4.98 Å². The third-order valence-electron chi connectivity index (χ3n) is 4.75. The van der Waals surface area contributed by atoms with Crippen LogP contribution in [0.5, 0.6) is 11.5 Å². The van der Waals surface area contributed by atoms with Gasteiger partial charge in [-0.05, 0) is 17.7 Å². The molecule has 0 spiro atoms. The molecule has 1 saturated heterocycles. The number of carbonyl (C=O) groups is 2. The van der Waals surface area contributed by atoms with Crippen LogP contribution >= 0.6 is 0 Å². The van der Waals surface area contributed by atoms with Crippen molar-refractivity contribution in [3.63, 3.8) is 0 Å². The first-order chi connectivity index (χ1) is 14.1. The summed E-state index contributed by atoms with van der Waals surface area (Å²) in [5, 5.41) is 2.92. The van der Waals surface area contributed by atoms with Gasteiger partial charge in [-0.2, -0.15) is 0 Å². The maximum Gasteiger partial charge on any atom is 0.274 e. The van der Waals surface area contributed by atoms with Crippen molar-refractivity contribution in [1.29, 1.82) is 0 Å². The van der Waals surface area contributed by atoms with Crippen LogP contribution in [0.2, 0.25) is 0 Å². The Morgan fingerprint density at radius 2 is 1.83 bits per heavy atom. The summed E-state index contributed by atoms with van der Waals surface area (Å²) in [6.07, 6.45) is 4.51. The maximum absolute atomic E-state index is 12.4. The van der Waals surface area contributed by atoms with Gasteiger partial charge in [-0.15, -0.1) is 0 Å². The predicted molar refractivity (Wildman–Crippen MR) is 106 cm³/mol. The number of methoxy groups -OCH3 is 2. The molecule has 2 amide bonds. The van der Waals surface area contributed by atoms with E-state index in [0.29, 0.717) is 56.5 Å². The summed E-state index contributed by atoms with van der Waals surface area (Å²) in [5.41, 5.74) is 1.27. The van der Waals surface area contributed by atoms with Crippen molar-refractivity contribution < 1.29 is 19.1 Å². The summed E-state index contributed by atoms with van der Waals surface area (Å²) in [6.45, 7) is 3.08. The second-order valence-corrected chi connectivity index (χ2v) is 6.63. The highest BCUT2D eigenvalue weighted by molar-refractivity contribution is 5.92. The molecule has 0 bridgehead atoms. The molecule has 0 unspecified atom stereocenters. The van der Waals surface area contributed by atoms with Gasteiger partial charge in [0.05, 0.1) is 27.0 Å². The Hall–Kier alpha value is -3.20. The molecule has 1 aromatic carbocycles. The number of hydrogen-bond acceptors (Lipinski definition) is 7. The number of amides is 2. The van der Waals surface area contributed by atoms with Gasteiger partial charge >= 0.3 is 0 Å². The fourth-order valence-corrected chi connectivity index (χ4v) is 3.13. The Bertz CT molecular complexity index is 838. The third-order valence-corrected chi connectivity index (χ3v) is 4.75. The summed E-state index contributed by atoms with van der Waals surface area (Å²) in [4.78, 5) is 36.4. The monoisotopic (exact) mass is 399 g/mol. The molecule has 29 heavy (non-hydrogen) atoms. The molecule has 9 heteroatoms. The van der Waals surface area contributed by atoms with Crippen LogP contribution in [0.25, 0.3) is 0 Å². The maximum atomic E-state index is 12.4. The van der Waals surface area contributed by atoms with Crippen molar-refractivity contribution >= 4 is 11.8 Å². The third kappa shape index (κ3) is 5.41. The molecule has 1 aromatic heterocycles. The first-order valence-electron chi connectivity index (χ1n) is 9.36. The van der Waals surface area contributed by atoms with E-state index in [4.69, 9.17) is 9.47 Å². The lowest BCUT2D eigenvalue weighted by Crippen LogP contribution is -2.51. The topological polar surface area (TPSA) is 96.9 Å². The molecule has 3 rings (SSSR count). The van der Waals surface area contributed by atoms with E-state index in [0.717, 1.165) is 5.56 Å². The number of nitrogens with zero attached hydrogens (tertiary/aromatic N) is 4. The van der Waals surface area contributed by atoms with E-state index in [1.807, 2.05) is 23.1 Å². The highest BCUT2D eigenvalue weighted by Gasteiger charge is 2.24. The van der Waals surface area contributed by atoms with E-state index < -0.39 is 0 Å². The molecular formula is C20H25N5O4. The molecule has 1 fully saturated rings. The van der Waals surface area contributed by atoms with E-state index in [-0.39, 0.29) is 11.8 Å². The summed E-state index contributed by atoms with van der Waals surface area (Å²) in [6, 6.07) is 5.54. The molecule has 0 aliphatic carbocycles. The Morgan fingerprint density at radius 1 is 1.07 bits per heavy atom. The van der Waals surface area contributed by atoms with Crippen LogP contribution in [0.15, 0.2) is 36.8 Å². The quantitative estimate of drug-likeness (QED) is 0.727. The summed E-state index contributed by atoms with van der Waals surface area (Å²) in [7, 11) is 3.16. The van der Waals surface area contributed by atoms with Gasteiger partial charge in [0.15, 0.2) is 11.5 Å². The van der Waals surface area contributed by atoms with Crippen LogP contribution in [0.3, 0.4) is 0 Å². The second kappa shape index (κ2) is 9.83. The van der Waals surface area contributed by atoms with Crippen LogP contribution in [0.1, 0.15) is 16.1 Å². The Balaban J connectivity index is 1.43. The lowest BCUT2D eigenvalue weighted by molar-refractivity contribution is -0.122. The number of piperazine rings is 1. The zero-order valence-electron chi connectivity index (χ0n) is 16.6. The lowest BCUT2D eigenvalue weighted by atomic mass is 10.2. The first kappa shape index (κ1) is 20.5. The fourth-order valence-electron chi connectivity index (χ4n) is 3.13. The molecule has 2 heterocycles. The van der Waals surface area contributed by atoms with Crippen molar-refractivity contribution in [3.05, 3.63) is 48.0 Å². The predicted octanol–water partition coefficient (Wildman–Crippen LogP) is 0.568. The number of hydrogen-bond donors (Lipinski definition) is 1. The van der Waals surface area contributed by atoms with Crippen molar-refractivity contribution in [3.8, 4) is 11.5 Å². The largest absolute Gasteiger partial charge is 0.493 e. The minimum absolute atomic E-state index is 0.0616. The highest BCUT2D eigenvalue weighted by Crippen LogP contribution is 2.27. The van der Waals surface area contributed by atoms with Crippen LogP contribution < -0.4 is 14.8 Å². The minimum atomic E-state index is -0.129. The molecule has 1 aliphatic heterocycles. The zero-order valence-corrected chi connectivity index (χ0v) is 16.6. The van der Waals surface area contributed by atoms with E-state index in [9.17, 15) is 9.59 Å². The van der Waals surface area contributed by atoms with Crippen LogP contribution in [0.4, 0.5) is 0 Å². The van der Waals surface area contributed by atoms with Crippen molar-refractivity contribution in [2.75, 3.05) is 46.9 Å². The molecule has 1 aliphatic rings. The smallest absolute Gasteiger partial charge is 0.274 e. The van der Waals surface area contributed by atoms with E-state index >= 15 is 0 Å². The van der Waals surface area contributed by atoms with Gasteiger partial charge < -0.3 is 19.7 Å². The van der Waals surface area contributed by atoms with E-state index in [1.54, 1.807) is 19.1 Å². The van der Waals surface area contributed by atoms with Crippen molar-refractivity contribution in [2.45, 2.75) is 6.54 Å². The number of benzene rings is 1. The molecule has 2 aromatic rings. The molecule has 0 saturated carbocycles. The normalized spacial score (nSPS) is 14.3. The minimum Gasteiger partial charge on any atom is -0.493 e. The van der Waals surface area contributed by atoms with E-state index in [2.05, 4.69) is 15.3 Å². The van der Waals surface area contributed by atoms with Crippen LogP contribution in [0, 0.1) is 0 Å². The molecular weight excluding hydrogens is 374 g/mol. The Kier molecular flexibility index (Phi) is 6.96. The van der Waals surface area contributed by atoms with Gasteiger partial charge in [-0.3, -0.25) is 19.5 Å². The molecule has 0 radical (unpaired) electrons. The molecule has 154 valence electrons. The average molecular weight is 399 g/mol. The SMILES string of the molecule is COc1ccc(CNC(=O)CN2CCN(C(=O)c3cnccn3)CC2)cc1OC. The Labute approximate surface area is 169 Å². The van der Waals surface area contributed by atoms with Crippen LogP contribution in [-0.2, 0) is 11.3 Å². The van der Waals surface area contributed by atoms with Crippen molar-refractivity contribution in [1.82, 2.24) is 25.1 Å². The van der Waals surface area contributed by atoms with Gasteiger partial charge in [0.2, 0.25) is 5.91 Å². The zero-order chi connectivity index (χ0) is 20.6. The van der Waals surface area contributed by atoms with Gasteiger partial charge in [0, 0.05) is 45.1 Å². The Morgan fingerprint density at radius 3 is 2.48 bits per heavy atom. The van der Waals surface area contributed by atoms with Gasteiger partial charge in [-0.1, -0.05) is 6.07 Å². The number of aromatic nitrogens is 2. The number of carbonyl (C=O) groups excluding carboxylic acids is 2. The van der Waals surface area contributed by atoms with Crippen molar-refractivity contribution in [2.24, 2.45) is 0 Å². The summed E-state index contributed by atoms with van der Waals surface area (Å²) < 4.78 is 10.5. The summed E-state index contributed by atoms with van der Waals surface area (Å²) in [5.74, 6) is 1.09. The van der Waals surface area contributed by atoms with Crippen LogP contribution in [-0.4, -0.2) is 78.5 Å². The number of nitrogens with one attached hydrogen (secondary N) is 1. The standard InChI is InChI=1S/C20H25N5O4/c1-28-17-4-3-15(11-18(17)29-2)12-23-19(26)14-24-7-9-25(10-8-24)20(27)16-13-21-5-6-22-16/h3-6,11,13H,7-10,12,14H2,1-2H3,(H,23,26). The highest BCUT2D eigenvalue weighted by atomic mass is 16.5. The first-order valence-corrected chi connectivity index (χ1v) is 9.36. The number of rotatable bonds is 7. The van der Waals surface area contributed by atoms with E-state index in [1.165, 1.54) is 18.6 Å². The second-order valence-electron chi connectivity index (χ2n) is 6.63. The number of ether oxygens (including phenoxy) is 2. The molecule has 1 N–H and O–H groups in total. The lowest BCUT2D eigenvalue weighted by Gasteiger charge is -2.34. The average Bonchev–Trinajstić information content (AvgIpc) is 2.78. The summed E-state index contributed by atoms with van der Waals surface area (Å²) >= 11 is 0. The molecule has 0 atom stereocenters. The van der Waals surface area contributed by atoms with Gasteiger partial charge in [0.25, 0.3) is 5.91 Å². The van der Waals surface area contributed by atoms with Gasteiger partial charge in [0.1, 0.15) is 5.69 Å². The molecule has 9 nitrogen and oxygen atoms in total.